The van der Waals surface area contributed by atoms with Crippen molar-refractivity contribution in [2.75, 3.05) is 19.5 Å². The van der Waals surface area contributed by atoms with Crippen LogP contribution in [0.3, 0.4) is 0 Å². The molecule has 33 heavy (non-hydrogen) atoms. The van der Waals surface area contributed by atoms with Crippen LogP contribution in [-0.2, 0) is 29.9 Å². The van der Waals surface area contributed by atoms with Crippen molar-refractivity contribution in [3.05, 3.63) is 50.9 Å². The van der Waals surface area contributed by atoms with Crippen molar-refractivity contribution in [1.29, 1.82) is 0 Å². The van der Waals surface area contributed by atoms with Gasteiger partial charge in [-0.25, -0.2) is 15.0 Å². The van der Waals surface area contributed by atoms with Gasteiger partial charge in [-0.1, -0.05) is 30.3 Å². The summed E-state index contributed by atoms with van der Waals surface area (Å²) in [5, 5.41) is 2.34. The van der Waals surface area contributed by atoms with Crippen molar-refractivity contribution < 1.29 is 4.74 Å². The van der Waals surface area contributed by atoms with Gasteiger partial charge in [0.25, 0.3) is 5.56 Å². The van der Waals surface area contributed by atoms with Crippen LogP contribution in [0.2, 0.25) is 0 Å². The summed E-state index contributed by atoms with van der Waals surface area (Å²) in [5.41, 5.74) is 8.44. The number of rotatable bonds is 7. The number of hydrogen-bond acceptors (Lipinski definition) is 8. The van der Waals surface area contributed by atoms with Gasteiger partial charge in [0, 0.05) is 25.1 Å². The number of aromatic nitrogens is 4. The van der Waals surface area contributed by atoms with Crippen molar-refractivity contribution >= 4 is 50.0 Å². The van der Waals surface area contributed by atoms with Gasteiger partial charge in [-0.3, -0.25) is 9.36 Å². The lowest BCUT2D eigenvalue weighted by atomic mass is 10.1. The number of fused-ring (bicyclic) bond motifs is 4. The van der Waals surface area contributed by atoms with Crippen LogP contribution in [0.1, 0.15) is 41.9 Å². The van der Waals surface area contributed by atoms with Gasteiger partial charge in [-0.05, 0) is 49.8 Å². The Bertz CT molecular complexity index is 1360. The van der Waals surface area contributed by atoms with E-state index in [0.29, 0.717) is 46.6 Å². The highest BCUT2D eigenvalue weighted by Crippen LogP contribution is 2.37. The van der Waals surface area contributed by atoms with Crippen LogP contribution in [0.25, 0.3) is 21.1 Å². The van der Waals surface area contributed by atoms with E-state index >= 15 is 0 Å². The molecule has 3 heterocycles. The highest BCUT2D eigenvalue weighted by molar-refractivity contribution is 7.98. The van der Waals surface area contributed by atoms with E-state index in [1.165, 1.54) is 41.5 Å². The number of nitrogens with two attached hydrogens (primary N) is 1. The number of methoxy groups -OCH3 is 1. The highest BCUT2D eigenvalue weighted by Gasteiger charge is 2.20. The van der Waals surface area contributed by atoms with E-state index < -0.39 is 0 Å². The number of aryl methyl sites for hydroxylation is 2. The normalized spacial score (nSPS) is 14.0. The predicted octanol–water partition coefficient (Wildman–Crippen LogP) is 4.58. The van der Waals surface area contributed by atoms with Crippen molar-refractivity contribution in [2.24, 2.45) is 0 Å². The molecule has 1 aromatic carbocycles. The van der Waals surface area contributed by atoms with E-state index in [9.17, 15) is 4.79 Å². The van der Waals surface area contributed by atoms with E-state index in [1.807, 2.05) is 24.3 Å². The molecule has 9 heteroatoms. The molecule has 1 aliphatic carbocycles. The number of ether oxygens (including phenoxy) is 1. The molecule has 0 unspecified atom stereocenters. The van der Waals surface area contributed by atoms with Crippen LogP contribution in [0.4, 0.5) is 5.82 Å². The summed E-state index contributed by atoms with van der Waals surface area (Å²) in [7, 11) is 1.67. The minimum atomic E-state index is -0.0305. The lowest BCUT2D eigenvalue weighted by Crippen LogP contribution is -2.24. The van der Waals surface area contributed by atoms with Gasteiger partial charge in [0.2, 0.25) is 0 Å². The molecule has 1 aliphatic rings. The van der Waals surface area contributed by atoms with Crippen LogP contribution in [-0.4, -0.2) is 33.2 Å². The first-order valence-electron chi connectivity index (χ1n) is 11.3. The second kappa shape index (κ2) is 9.79. The molecule has 2 N–H and O–H groups in total. The van der Waals surface area contributed by atoms with Crippen molar-refractivity contribution in [1.82, 2.24) is 19.5 Å². The molecule has 0 spiro atoms. The van der Waals surface area contributed by atoms with Crippen LogP contribution in [0.5, 0.6) is 0 Å². The molecule has 3 aromatic heterocycles. The fraction of sp³-hybridized carbons (Fsp3) is 0.417. The standard InChI is InChI=1S/C24H27N5O2S2/c1-31-13-7-12-29-23(30)15-8-5-6-10-17(15)26-24(29)32-14-19-27-21(25)20-16-9-3-2-4-11-18(16)33-22(20)28-19/h5-6,8,10H,2-4,7,9,11-14H2,1H3,(H2,25,27,28). The minimum absolute atomic E-state index is 0.0305. The zero-order valence-electron chi connectivity index (χ0n) is 18.7. The Hall–Kier alpha value is -2.49. The van der Waals surface area contributed by atoms with E-state index in [-0.39, 0.29) is 5.56 Å². The van der Waals surface area contributed by atoms with Gasteiger partial charge in [-0.2, -0.15) is 0 Å². The Balaban J connectivity index is 1.46. The molecule has 0 aliphatic heterocycles. The molecular weight excluding hydrogens is 454 g/mol. The van der Waals surface area contributed by atoms with Gasteiger partial charge in [0.15, 0.2) is 5.16 Å². The smallest absolute Gasteiger partial charge is 0.262 e. The van der Waals surface area contributed by atoms with Gasteiger partial charge in [0.1, 0.15) is 16.5 Å². The number of thiophene rings is 1. The average Bonchev–Trinajstić information content (AvgIpc) is 3.01. The Morgan fingerprint density at radius 3 is 2.88 bits per heavy atom. The number of anilines is 1. The van der Waals surface area contributed by atoms with Crippen molar-refractivity contribution in [3.8, 4) is 0 Å². The summed E-state index contributed by atoms with van der Waals surface area (Å²) in [6, 6.07) is 7.47. The second-order valence-corrected chi connectivity index (χ2v) is 10.3. The topological polar surface area (TPSA) is 95.9 Å². The number of thioether (sulfide) groups is 1. The van der Waals surface area contributed by atoms with Crippen molar-refractivity contribution in [3.63, 3.8) is 0 Å². The Kier molecular flexibility index (Phi) is 6.62. The van der Waals surface area contributed by atoms with E-state index in [4.69, 9.17) is 20.4 Å². The lowest BCUT2D eigenvalue weighted by molar-refractivity contribution is 0.189. The number of benzene rings is 1. The van der Waals surface area contributed by atoms with Crippen molar-refractivity contribution in [2.45, 2.75) is 56.0 Å². The van der Waals surface area contributed by atoms with Crippen LogP contribution < -0.4 is 11.3 Å². The molecule has 0 radical (unpaired) electrons. The monoisotopic (exact) mass is 481 g/mol. The Morgan fingerprint density at radius 1 is 1.15 bits per heavy atom. The first-order chi connectivity index (χ1) is 16.2. The molecule has 0 fully saturated rings. The molecule has 5 rings (SSSR count). The average molecular weight is 482 g/mol. The fourth-order valence-corrected chi connectivity index (χ4v) is 6.59. The minimum Gasteiger partial charge on any atom is -0.385 e. The third-order valence-corrected chi connectivity index (χ3v) is 8.18. The molecular formula is C24H27N5O2S2. The first-order valence-corrected chi connectivity index (χ1v) is 13.1. The number of nitrogen functional groups attached to an aromatic ring is 1. The molecule has 0 amide bonds. The van der Waals surface area contributed by atoms with Gasteiger partial charge < -0.3 is 10.5 Å². The maximum atomic E-state index is 13.1. The third-order valence-electron chi connectivity index (χ3n) is 6.03. The predicted molar refractivity (Wildman–Crippen MR) is 135 cm³/mol. The van der Waals surface area contributed by atoms with Gasteiger partial charge in [0.05, 0.1) is 22.0 Å². The largest absolute Gasteiger partial charge is 0.385 e. The summed E-state index contributed by atoms with van der Waals surface area (Å²) in [6.07, 6.45) is 6.60. The highest BCUT2D eigenvalue weighted by atomic mass is 32.2. The summed E-state index contributed by atoms with van der Waals surface area (Å²) in [6.45, 7) is 1.13. The Morgan fingerprint density at radius 2 is 2.00 bits per heavy atom. The molecule has 0 saturated heterocycles. The number of hydrogen-bond donors (Lipinski definition) is 1. The van der Waals surface area contributed by atoms with E-state index in [1.54, 1.807) is 23.0 Å². The number of nitrogens with zero attached hydrogens (tertiary/aromatic N) is 4. The molecule has 0 saturated carbocycles. The summed E-state index contributed by atoms with van der Waals surface area (Å²) < 4.78 is 6.92. The maximum absolute atomic E-state index is 13.1. The molecule has 172 valence electrons. The maximum Gasteiger partial charge on any atom is 0.262 e. The van der Waals surface area contributed by atoms with Crippen LogP contribution in [0, 0.1) is 0 Å². The fourth-order valence-electron chi connectivity index (χ4n) is 4.42. The number of para-hydroxylation sites is 1. The van der Waals surface area contributed by atoms with Crippen LogP contribution in [0.15, 0.2) is 34.2 Å². The SMILES string of the molecule is COCCCn1c(SCc2nc(N)c3c4c(sc3n2)CCCCC4)nc2ccccc2c1=O. The van der Waals surface area contributed by atoms with Crippen LogP contribution >= 0.6 is 23.1 Å². The molecule has 4 aromatic rings. The molecule has 0 atom stereocenters. The molecule has 7 nitrogen and oxygen atoms in total. The second-order valence-electron chi connectivity index (χ2n) is 8.27. The third kappa shape index (κ3) is 4.49. The zero-order valence-corrected chi connectivity index (χ0v) is 20.3. The lowest BCUT2D eigenvalue weighted by Gasteiger charge is -2.13. The van der Waals surface area contributed by atoms with E-state index in [2.05, 4.69) is 4.98 Å². The zero-order chi connectivity index (χ0) is 22.8. The molecule has 0 bridgehead atoms. The summed E-state index contributed by atoms with van der Waals surface area (Å²) in [5.74, 6) is 1.74. The Labute approximate surface area is 200 Å². The first kappa shape index (κ1) is 22.3. The quantitative estimate of drug-likeness (QED) is 0.179. The summed E-state index contributed by atoms with van der Waals surface area (Å²) in [4.78, 5) is 29.8. The summed E-state index contributed by atoms with van der Waals surface area (Å²) >= 11 is 3.24. The van der Waals surface area contributed by atoms with E-state index in [0.717, 1.165) is 29.5 Å². The van der Waals surface area contributed by atoms with Gasteiger partial charge in [-0.15, -0.1) is 11.3 Å². The van der Waals surface area contributed by atoms with Gasteiger partial charge >= 0.3 is 0 Å².